The van der Waals surface area contributed by atoms with E-state index in [0.29, 0.717) is 14.5 Å². The number of nitrogens with two attached hydrogens (primary N) is 1. The Morgan fingerprint density at radius 2 is 1.96 bits per heavy atom. The van der Waals surface area contributed by atoms with Crippen molar-refractivity contribution in [1.82, 2.24) is 4.98 Å². The molecule has 4 N–H and O–H groups in total. The van der Waals surface area contributed by atoms with Crippen LogP contribution in [0.4, 0.5) is 0 Å². The summed E-state index contributed by atoms with van der Waals surface area (Å²) in [4.78, 5) is 38.2. The van der Waals surface area contributed by atoms with Gasteiger partial charge in [0.05, 0.1) is 25.7 Å². The minimum absolute atomic E-state index is 0.0874. The van der Waals surface area contributed by atoms with E-state index in [-0.39, 0.29) is 28.4 Å². The van der Waals surface area contributed by atoms with E-state index in [0.717, 1.165) is 34.7 Å². The van der Waals surface area contributed by atoms with Crippen LogP contribution in [-0.2, 0) is 0 Å². The second kappa shape index (κ2) is 6.73. The number of aromatic amines is 1. The number of hydrogen-bond donors (Lipinski definition) is 3. The van der Waals surface area contributed by atoms with Gasteiger partial charge in [0.2, 0.25) is 0 Å². The lowest BCUT2D eigenvalue weighted by atomic mass is 10.1. The van der Waals surface area contributed by atoms with Crippen molar-refractivity contribution in [2.45, 2.75) is 11.1 Å². The molecule has 2 heterocycles. The quantitative estimate of drug-likeness (QED) is 0.469. The standard InChI is InChI=1S/C17H14N2O4S2/c1-8-2-4-9(5-3-8)11(21)7-24-17-13(16(18)23)14-15(25-17)10(20)6-12(22)19-14/h2-6H,7H2,1H3,(H2,18,23)(H2,19,20,22). The fourth-order valence-electron chi connectivity index (χ4n) is 2.34. The topological polar surface area (TPSA) is 113 Å². The average molecular weight is 374 g/mol. The van der Waals surface area contributed by atoms with Crippen LogP contribution in [0.25, 0.3) is 10.2 Å². The summed E-state index contributed by atoms with van der Waals surface area (Å²) in [6.45, 7) is 1.94. The number of primary amides is 1. The van der Waals surface area contributed by atoms with Crippen LogP contribution in [-0.4, -0.2) is 27.5 Å². The predicted octanol–water partition coefficient (Wildman–Crippen LogP) is 2.68. The zero-order valence-electron chi connectivity index (χ0n) is 13.2. The van der Waals surface area contributed by atoms with Crippen LogP contribution in [0.3, 0.4) is 0 Å². The number of fused-ring (bicyclic) bond motifs is 1. The van der Waals surface area contributed by atoms with Gasteiger partial charge in [0, 0.05) is 11.6 Å². The minimum Gasteiger partial charge on any atom is -0.506 e. The highest BCUT2D eigenvalue weighted by molar-refractivity contribution is 8.02. The Balaban J connectivity index is 1.93. The molecular formula is C17H14N2O4S2. The molecule has 8 heteroatoms. The Bertz CT molecular complexity index is 1040. The Hall–Kier alpha value is -2.58. The van der Waals surface area contributed by atoms with Crippen molar-refractivity contribution in [3.63, 3.8) is 0 Å². The number of amides is 1. The van der Waals surface area contributed by atoms with Crippen molar-refractivity contribution < 1.29 is 14.7 Å². The van der Waals surface area contributed by atoms with E-state index >= 15 is 0 Å². The molecule has 0 bridgehead atoms. The normalized spacial score (nSPS) is 10.9. The summed E-state index contributed by atoms with van der Waals surface area (Å²) in [5.41, 5.74) is 6.86. The van der Waals surface area contributed by atoms with E-state index in [4.69, 9.17) is 5.73 Å². The summed E-state index contributed by atoms with van der Waals surface area (Å²) < 4.78 is 0.846. The molecule has 0 aliphatic rings. The van der Waals surface area contributed by atoms with Gasteiger partial charge in [-0.15, -0.1) is 23.1 Å². The number of pyridine rings is 1. The highest BCUT2D eigenvalue weighted by Crippen LogP contribution is 2.40. The molecule has 0 aliphatic carbocycles. The molecule has 0 aliphatic heterocycles. The number of benzene rings is 1. The highest BCUT2D eigenvalue weighted by atomic mass is 32.2. The molecule has 3 rings (SSSR count). The van der Waals surface area contributed by atoms with Gasteiger partial charge in [0.1, 0.15) is 5.75 Å². The Kier molecular flexibility index (Phi) is 4.65. The van der Waals surface area contributed by atoms with Gasteiger partial charge in [-0.2, -0.15) is 0 Å². The SMILES string of the molecule is Cc1ccc(C(=O)CSc2sc3c(O)cc(=O)[nH]c3c2C(N)=O)cc1. The number of aryl methyl sites for hydroxylation is 1. The van der Waals surface area contributed by atoms with Crippen molar-refractivity contribution in [2.24, 2.45) is 5.73 Å². The van der Waals surface area contributed by atoms with Crippen LogP contribution in [0.2, 0.25) is 0 Å². The van der Waals surface area contributed by atoms with Gasteiger partial charge in [-0.1, -0.05) is 29.8 Å². The molecular weight excluding hydrogens is 360 g/mol. The Labute approximate surface area is 150 Å². The number of aromatic nitrogens is 1. The zero-order chi connectivity index (χ0) is 18.1. The van der Waals surface area contributed by atoms with Crippen LogP contribution in [0.15, 0.2) is 39.3 Å². The summed E-state index contributed by atoms with van der Waals surface area (Å²) in [5, 5.41) is 9.92. The molecule has 0 saturated heterocycles. The lowest BCUT2D eigenvalue weighted by Crippen LogP contribution is -2.13. The number of rotatable bonds is 5. The predicted molar refractivity (Wildman–Crippen MR) is 98.9 cm³/mol. The molecule has 0 fully saturated rings. The second-order valence-corrected chi connectivity index (χ2v) is 7.69. The molecule has 1 aromatic carbocycles. The maximum Gasteiger partial charge on any atom is 0.252 e. The van der Waals surface area contributed by atoms with E-state index in [1.807, 2.05) is 19.1 Å². The van der Waals surface area contributed by atoms with E-state index in [1.165, 1.54) is 0 Å². The van der Waals surface area contributed by atoms with Gasteiger partial charge >= 0.3 is 0 Å². The number of carbonyl (C=O) groups is 2. The third kappa shape index (κ3) is 3.45. The molecule has 25 heavy (non-hydrogen) atoms. The fraction of sp³-hybridized carbons (Fsp3) is 0.118. The molecule has 0 spiro atoms. The number of carbonyl (C=O) groups excluding carboxylic acids is 2. The lowest BCUT2D eigenvalue weighted by Gasteiger charge is -2.02. The van der Waals surface area contributed by atoms with Crippen molar-refractivity contribution in [3.8, 4) is 5.75 Å². The van der Waals surface area contributed by atoms with Gasteiger partial charge in [-0.05, 0) is 6.92 Å². The first-order valence-electron chi connectivity index (χ1n) is 7.28. The summed E-state index contributed by atoms with van der Waals surface area (Å²) >= 11 is 2.27. The van der Waals surface area contributed by atoms with Crippen LogP contribution in [0.1, 0.15) is 26.3 Å². The Morgan fingerprint density at radius 3 is 2.60 bits per heavy atom. The number of Topliss-reactive ketones (excluding diaryl/α,β-unsaturated/α-hetero) is 1. The van der Waals surface area contributed by atoms with E-state index in [2.05, 4.69) is 4.98 Å². The molecule has 0 radical (unpaired) electrons. The van der Waals surface area contributed by atoms with Gasteiger partial charge in [0.25, 0.3) is 11.5 Å². The van der Waals surface area contributed by atoms with Crippen molar-refractivity contribution in [3.05, 3.63) is 57.4 Å². The van der Waals surface area contributed by atoms with Crippen LogP contribution >= 0.6 is 23.1 Å². The smallest absolute Gasteiger partial charge is 0.252 e. The average Bonchev–Trinajstić information content (AvgIpc) is 2.92. The highest BCUT2D eigenvalue weighted by Gasteiger charge is 2.21. The molecule has 0 saturated carbocycles. The number of hydrogen-bond acceptors (Lipinski definition) is 6. The molecule has 0 unspecified atom stereocenters. The third-order valence-corrected chi connectivity index (χ3v) is 6.06. The second-order valence-electron chi connectivity index (χ2n) is 5.43. The largest absolute Gasteiger partial charge is 0.506 e. The lowest BCUT2D eigenvalue weighted by molar-refractivity contribution is 0.0995. The summed E-state index contributed by atoms with van der Waals surface area (Å²) in [6.07, 6.45) is 0. The summed E-state index contributed by atoms with van der Waals surface area (Å²) in [6, 6.07) is 8.25. The Morgan fingerprint density at radius 1 is 1.28 bits per heavy atom. The molecule has 3 aromatic rings. The molecule has 6 nitrogen and oxygen atoms in total. The number of nitrogens with one attached hydrogen (secondary N) is 1. The third-order valence-electron chi connectivity index (χ3n) is 3.58. The molecule has 2 aromatic heterocycles. The maximum absolute atomic E-state index is 12.3. The van der Waals surface area contributed by atoms with Gasteiger partial charge in [-0.25, -0.2) is 0 Å². The first kappa shape index (κ1) is 17.2. The van der Waals surface area contributed by atoms with E-state index < -0.39 is 11.5 Å². The van der Waals surface area contributed by atoms with E-state index in [9.17, 15) is 19.5 Å². The van der Waals surface area contributed by atoms with Gasteiger partial charge in [0.15, 0.2) is 5.78 Å². The maximum atomic E-state index is 12.3. The van der Waals surface area contributed by atoms with Gasteiger partial charge < -0.3 is 15.8 Å². The zero-order valence-corrected chi connectivity index (χ0v) is 14.8. The van der Waals surface area contributed by atoms with Crippen molar-refractivity contribution in [1.29, 1.82) is 0 Å². The number of H-pyrrole nitrogens is 1. The molecule has 1 amide bonds. The fourth-order valence-corrected chi connectivity index (χ4v) is 4.69. The number of thioether (sulfide) groups is 1. The van der Waals surface area contributed by atoms with Crippen LogP contribution in [0, 0.1) is 6.92 Å². The minimum atomic E-state index is -0.724. The van der Waals surface area contributed by atoms with E-state index in [1.54, 1.807) is 12.1 Å². The number of ketones is 1. The van der Waals surface area contributed by atoms with Gasteiger partial charge in [-0.3, -0.25) is 14.4 Å². The van der Waals surface area contributed by atoms with Crippen molar-refractivity contribution >= 4 is 45.0 Å². The van der Waals surface area contributed by atoms with Crippen LogP contribution < -0.4 is 11.3 Å². The van der Waals surface area contributed by atoms with Crippen molar-refractivity contribution in [2.75, 3.05) is 5.75 Å². The first-order valence-corrected chi connectivity index (χ1v) is 9.08. The first-order chi connectivity index (χ1) is 11.9. The number of aromatic hydroxyl groups is 1. The van der Waals surface area contributed by atoms with Crippen LogP contribution in [0.5, 0.6) is 5.75 Å². The number of thiophene rings is 1. The molecule has 0 atom stereocenters. The summed E-state index contributed by atoms with van der Waals surface area (Å²) in [5.74, 6) is -0.919. The monoisotopic (exact) mass is 374 g/mol. The summed E-state index contributed by atoms with van der Waals surface area (Å²) in [7, 11) is 0. The molecule has 128 valence electrons.